The van der Waals surface area contributed by atoms with Crippen molar-refractivity contribution >= 4 is 17.1 Å². The second-order valence-electron chi connectivity index (χ2n) is 5.72. The minimum atomic E-state index is -1.68. The lowest BCUT2D eigenvalue weighted by Crippen LogP contribution is -3.01. The number of hydrogen-bond acceptors (Lipinski definition) is 11. The maximum atomic E-state index is 11.3. The summed E-state index contributed by atoms with van der Waals surface area (Å²) in [4.78, 5) is 5.05. The summed E-state index contributed by atoms with van der Waals surface area (Å²) in [5.41, 5.74) is 1.70. The van der Waals surface area contributed by atoms with Gasteiger partial charge in [-0.1, -0.05) is 0 Å². The van der Waals surface area contributed by atoms with E-state index in [0.717, 1.165) is 12.1 Å². The summed E-state index contributed by atoms with van der Waals surface area (Å²) < 4.78 is 5.10. The van der Waals surface area contributed by atoms with Gasteiger partial charge >= 0.3 is 0 Å². The van der Waals surface area contributed by atoms with Gasteiger partial charge in [-0.3, -0.25) is 5.48 Å². The van der Waals surface area contributed by atoms with Gasteiger partial charge in [-0.2, -0.15) is 10.5 Å². The van der Waals surface area contributed by atoms with Crippen LogP contribution >= 0.6 is 0 Å². The van der Waals surface area contributed by atoms with Crippen LogP contribution in [0.5, 0.6) is 0 Å². The normalized spacial score (nSPS) is 31.5. The van der Waals surface area contributed by atoms with Crippen molar-refractivity contribution in [1.82, 2.24) is 0 Å². The minimum absolute atomic E-state index is 0.0448. The third-order valence-corrected chi connectivity index (χ3v) is 4.01. The topological polar surface area (TPSA) is 207 Å². The van der Waals surface area contributed by atoms with E-state index in [0.29, 0.717) is 0 Å². The van der Waals surface area contributed by atoms with Gasteiger partial charge in [0, 0.05) is 12.1 Å². The third-order valence-electron chi connectivity index (χ3n) is 4.01. The highest BCUT2D eigenvalue weighted by Crippen LogP contribution is 2.26. The summed E-state index contributed by atoms with van der Waals surface area (Å²) in [5.74, 6) is 0. The van der Waals surface area contributed by atoms with E-state index in [1.807, 2.05) is 0 Å². The smallest absolute Gasteiger partial charge is 0.212 e. The fraction of sp³-hybridized carbons (Fsp3) is 0.538. The van der Waals surface area contributed by atoms with Crippen LogP contribution in [0.2, 0.25) is 0 Å². The molecular formula is C13H21N3O10. The van der Waals surface area contributed by atoms with Crippen LogP contribution in [-0.4, -0.2) is 68.2 Å². The van der Waals surface area contributed by atoms with Crippen LogP contribution in [-0.2, 0) is 9.57 Å². The van der Waals surface area contributed by atoms with Gasteiger partial charge in [0.2, 0.25) is 6.29 Å². The zero-order valence-electron chi connectivity index (χ0n) is 13.6. The Morgan fingerprint density at radius 3 is 2.08 bits per heavy atom. The Morgan fingerprint density at radius 1 is 1.08 bits per heavy atom. The van der Waals surface area contributed by atoms with Crippen molar-refractivity contribution in [3.05, 3.63) is 28.1 Å². The maximum absolute atomic E-state index is 11.3. The number of anilines is 1. The predicted octanol–water partition coefficient (Wildman–Crippen LogP) is -4.05. The van der Waals surface area contributed by atoms with Gasteiger partial charge in [0.15, 0.2) is 11.4 Å². The SMILES string of the molecule is Cc1c([NH+]([O-])O)cc(NOC2OC(CO)C(O)C(O)C2O)cc1[NH+]([O-])O. The van der Waals surface area contributed by atoms with Crippen LogP contribution in [0.15, 0.2) is 12.1 Å². The van der Waals surface area contributed by atoms with Gasteiger partial charge in [0.1, 0.15) is 24.4 Å². The van der Waals surface area contributed by atoms with E-state index in [1.54, 1.807) is 0 Å². The van der Waals surface area contributed by atoms with Crippen molar-refractivity contribution in [1.29, 1.82) is 0 Å². The van der Waals surface area contributed by atoms with Crippen molar-refractivity contribution in [2.45, 2.75) is 37.6 Å². The Hall–Kier alpha value is -1.46. The summed E-state index contributed by atoms with van der Waals surface area (Å²) in [6.07, 6.45) is -7.61. The Morgan fingerprint density at radius 2 is 1.62 bits per heavy atom. The first-order valence-corrected chi connectivity index (χ1v) is 7.50. The molecule has 13 heteroatoms. The zero-order valence-corrected chi connectivity index (χ0v) is 13.6. The Labute approximate surface area is 146 Å². The summed E-state index contributed by atoms with van der Waals surface area (Å²) >= 11 is 0. The lowest BCUT2D eigenvalue weighted by atomic mass is 9.99. The van der Waals surface area contributed by atoms with E-state index in [4.69, 9.17) is 14.7 Å². The highest BCUT2D eigenvalue weighted by atomic mass is 16.8. The maximum Gasteiger partial charge on any atom is 0.212 e. The molecule has 0 aliphatic carbocycles. The number of nitrogens with one attached hydrogen (secondary N) is 3. The van der Waals surface area contributed by atoms with Crippen LogP contribution < -0.4 is 15.9 Å². The number of ether oxygens (including phenoxy) is 1. The van der Waals surface area contributed by atoms with Crippen molar-refractivity contribution in [2.24, 2.45) is 0 Å². The van der Waals surface area contributed by atoms with Gasteiger partial charge in [-0.25, -0.2) is 15.3 Å². The lowest BCUT2D eigenvalue weighted by molar-refractivity contribution is -0.996. The fourth-order valence-corrected chi connectivity index (χ4v) is 2.51. The van der Waals surface area contributed by atoms with E-state index in [2.05, 4.69) is 5.48 Å². The molecular weight excluding hydrogens is 358 g/mol. The zero-order chi connectivity index (χ0) is 19.6. The average Bonchev–Trinajstić information content (AvgIpc) is 2.59. The van der Waals surface area contributed by atoms with E-state index in [9.17, 15) is 36.1 Å². The molecule has 9 N–H and O–H groups in total. The summed E-state index contributed by atoms with van der Waals surface area (Å²) in [6.45, 7) is 0.691. The molecule has 7 atom stereocenters. The monoisotopic (exact) mass is 379 g/mol. The molecule has 0 saturated carbocycles. The average molecular weight is 379 g/mol. The molecule has 1 aliphatic heterocycles. The molecule has 1 aromatic carbocycles. The van der Waals surface area contributed by atoms with E-state index < -0.39 is 47.8 Å². The van der Waals surface area contributed by atoms with Gasteiger partial charge in [0.25, 0.3) is 0 Å². The van der Waals surface area contributed by atoms with Crippen LogP contribution in [0.3, 0.4) is 0 Å². The van der Waals surface area contributed by atoms with Gasteiger partial charge in [0.05, 0.1) is 17.9 Å². The van der Waals surface area contributed by atoms with Crippen LogP contribution in [0.4, 0.5) is 17.1 Å². The molecule has 1 aliphatic rings. The van der Waals surface area contributed by atoms with Crippen LogP contribution in [0, 0.1) is 17.3 Å². The molecule has 1 aromatic rings. The van der Waals surface area contributed by atoms with Gasteiger partial charge in [-0.15, -0.1) is 0 Å². The largest absolute Gasteiger partial charge is 0.595 e. The predicted molar refractivity (Wildman–Crippen MR) is 81.2 cm³/mol. The van der Waals surface area contributed by atoms with Crippen molar-refractivity contribution in [2.75, 3.05) is 12.1 Å². The first-order chi connectivity index (χ1) is 12.2. The lowest BCUT2D eigenvalue weighted by Gasteiger charge is -2.39. The summed E-state index contributed by atoms with van der Waals surface area (Å²) in [6, 6.07) is 2.24. The van der Waals surface area contributed by atoms with Crippen molar-refractivity contribution in [3.63, 3.8) is 0 Å². The highest BCUT2D eigenvalue weighted by molar-refractivity contribution is 5.63. The first-order valence-electron chi connectivity index (χ1n) is 7.50. The number of aliphatic hydroxyl groups is 4. The fourth-order valence-electron chi connectivity index (χ4n) is 2.51. The number of hydrogen-bond donors (Lipinski definition) is 9. The van der Waals surface area contributed by atoms with E-state index in [-0.39, 0.29) is 22.6 Å². The molecule has 0 radical (unpaired) electrons. The Bertz CT molecular complexity index is 585. The summed E-state index contributed by atoms with van der Waals surface area (Å²) in [7, 11) is 0. The molecule has 1 heterocycles. The Kier molecular flexibility index (Phi) is 6.80. The summed E-state index contributed by atoms with van der Waals surface area (Å²) in [5, 5.41) is 76.5. The first kappa shape index (κ1) is 20.8. The highest BCUT2D eigenvalue weighted by Gasteiger charge is 2.44. The van der Waals surface area contributed by atoms with Crippen molar-refractivity contribution < 1.29 is 50.9 Å². The molecule has 0 spiro atoms. The standard InChI is InChI=1S/C13H21N3O10/c1-5-7(15(21)22)2-6(3-8(5)16(23)24)14-26-13-12(20)11(19)10(18)9(4-17)25-13/h2-3,9-21,23H,4H2,1H3. The molecule has 26 heavy (non-hydrogen) atoms. The van der Waals surface area contributed by atoms with Crippen LogP contribution in [0.25, 0.3) is 0 Å². The third kappa shape index (κ3) is 4.26. The van der Waals surface area contributed by atoms with Gasteiger partial charge < -0.3 is 35.6 Å². The number of rotatable bonds is 6. The molecule has 148 valence electrons. The van der Waals surface area contributed by atoms with E-state index >= 15 is 0 Å². The minimum Gasteiger partial charge on any atom is -0.595 e. The second-order valence-corrected chi connectivity index (χ2v) is 5.72. The number of quaternary nitrogens is 2. The molecule has 1 saturated heterocycles. The molecule has 0 amide bonds. The van der Waals surface area contributed by atoms with E-state index in [1.165, 1.54) is 6.92 Å². The molecule has 13 nitrogen and oxygen atoms in total. The Balaban J connectivity index is 2.18. The van der Waals surface area contributed by atoms with Crippen LogP contribution in [0.1, 0.15) is 5.56 Å². The van der Waals surface area contributed by atoms with Crippen molar-refractivity contribution in [3.8, 4) is 0 Å². The molecule has 2 rings (SSSR count). The number of aliphatic hydroxyl groups excluding tert-OH is 4. The molecule has 1 fully saturated rings. The molecule has 0 aromatic heterocycles. The number of benzene rings is 1. The van der Waals surface area contributed by atoms with Gasteiger partial charge in [-0.05, 0) is 6.92 Å². The quantitative estimate of drug-likeness (QED) is 0.217. The molecule has 0 bridgehead atoms. The molecule has 7 unspecified atom stereocenters. The second kappa shape index (κ2) is 8.49.